The van der Waals surface area contributed by atoms with Crippen molar-refractivity contribution in [2.45, 2.75) is 25.8 Å². The molecule has 1 aromatic rings. The molecule has 3 nitrogen and oxygen atoms in total. The summed E-state index contributed by atoms with van der Waals surface area (Å²) in [5, 5.41) is 3.63. The molecule has 3 fully saturated rings. The minimum atomic E-state index is 0.608. The van der Waals surface area contributed by atoms with Crippen LogP contribution in [0.3, 0.4) is 0 Å². The van der Waals surface area contributed by atoms with Crippen LogP contribution in [0.1, 0.15) is 18.4 Å². The fraction of sp³-hybridized carbons (Fsp3) is 0.615. The van der Waals surface area contributed by atoms with Gasteiger partial charge >= 0.3 is 0 Å². The lowest BCUT2D eigenvalue weighted by molar-refractivity contribution is 0.0973. The minimum absolute atomic E-state index is 0.608. The van der Waals surface area contributed by atoms with E-state index in [1.807, 2.05) is 12.3 Å². The van der Waals surface area contributed by atoms with E-state index >= 15 is 0 Å². The van der Waals surface area contributed by atoms with E-state index in [4.69, 9.17) is 0 Å². The van der Waals surface area contributed by atoms with Crippen molar-refractivity contribution >= 4 is 5.82 Å². The molecule has 0 spiro atoms. The molecule has 1 N–H and O–H groups in total. The van der Waals surface area contributed by atoms with Crippen molar-refractivity contribution < 1.29 is 0 Å². The zero-order valence-electron chi connectivity index (χ0n) is 9.82. The number of piperidine rings is 3. The van der Waals surface area contributed by atoms with E-state index in [0.29, 0.717) is 6.04 Å². The molecule has 1 aromatic heterocycles. The molecule has 0 aliphatic carbocycles. The smallest absolute Gasteiger partial charge is 0.129 e. The highest BCUT2D eigenvalue weighted by molar-refractivity contribution is 5.43. The van der Waals surface area contributed by atoms with Gasteiger partial charge in [0, 0.05) is 18.8 Å². The normalized spacial score (nSPS) is 32.7. The predicted molar refractivity (Wildman–Crippen MR) is 65.5 cm³/mol. The number of rotatable bonds is 2. The van der Waals surface area contributed by atoms with Crippen LogP contribution in [0.4, 0.5) is 5.82 Å². The molecule has 4 rings (SSSR count). The van der Waals surface area contributed by atoms with Gasteiger partial charge in [0.1, 0.15) is 5.82 Å². The largest absolute Gasteiger partial charge is 0.366 e. The molecule has 3 heteroatoms. The molecule has 3 aliphatic rings. The fourth-order valence-corrected chi connectivity index (χ4v) is 2.94. The van der Waals surface area contributed by atoms with Gasteiger partial charge in [-0.15, -0.1) is 0 Å². The number of nitrogens with one attached hydrogen (secondary N) is 1. The van der Waals surface area contributed by atoms with Crippen LogP contribution < -0.4 is 5.32 Å². The van der Waals surface area contributed by atoms with Crippen LogP contribution in [-0.4, -0.2) is 35.6 Å². The van der Waals surface area contributed by atoms with Crippen LogP contribution in [-0.2, 0) is 0 Å². The first-order valence-electron chi connectivity index (χ1n) is 6.23. The Morgan fingerprint density at radius 2 is 2.19 bits per heavy atom. The molecule has 0 amide bonds. The molecule has 0 saturated carbocycles. The lowest BCUT2D eigenvalue weighted by Crippen LogP contribution is -2.53. The van der Waals surface area contributed by atoms with Crippen molar-refractivity contribution in [2.75, 3.05) is 25.0 Å². The van der Waals surface area contributed by atoms with E-state index in [1.54, 1.807) is 0 Å². The van der Waals surface area contributed by atoms with Crippen LogP contribution in [0.15, 0.2) is 18.3 Å². The number of anilines is 1. The molecule has 3 saturated heterocycles. The number of aryl methyl sites for hydroxylation is 1. The van der Waals surface area contributed by atoms with E-state index in [0.717, 1.165) is 11.7 Å². The lowest BCUT2D eigenvalue weighted by Gasteiger charge is -2.45. The fourth-order valence-electron chi connectivity index (χ4n) is 2.94. The second-order valence-corrected chi connectivity index (χ2v) is 5.06. The van der Waals surface area contributed by atoms with Crippen LogP contribution in [0.2, 0.25) is 0 Å². The SMILES string of the molecule is Cc1cccnc1NC1CN2CCC1CC2. The van der Waals surface area contributed by atoms with Gasteiger partial charge in [-0.2, -0.15) is 0 Å². The molecular weight excluding hydrogens is 198 g/mol. The van der Waals surface area contributed by atoms with E-state index in [2.05, 4.69) is 28.2 Å². The average molecular weight is 217 g/mol. The number of fused-ring (bicyclic) bond motifs is 3. The molecule has 1 unspecified atom stereocenters. The highest BCUT2D eigenvalue weighted by Gasteiger charge is 2.34. The summed E-state index contributed by atoms with van der Waals surface area (Å²) in [5.74, 6) is 1.92. The maximum atomic E-state index is 4.43. The second-order valence-electron chi connectivity index (χ2n) is 5.06. The molecule has 0 radical (unpaired) electrons. The molecule has 86 valence electrons. The third kappa shape index (κ3) is 1.80. The Morgan fingerprint density at radius 1 is 1.38 bits per heavy atom. The van der Waals surface area contributed by atoms with Crippen molar-refractivity contribution in [3.05, 3.63) is 23.9 Å². The summed E-state index contributed by atoms with van der Waals surface area (Å²) in [7, 11) is 0. The van der Waals surface area contributed by atoms with Gasteiger partial charge in [0.05, 0.1) is 0 Å². The molecule has 1 atom stereocenters. The number of hydrogen-bond acceptors (Lipinski definition) is 3. The summed E-state index contributed by atoms with van der Waals surface area (Å²) in [4.78, 5) is 6.99. The third-order valence-electron chi connectivity index (χ3n) is 3.99. The van der Waals surface area contributed by atoms with Crippen molar-refractivity contribution in [3.8, 4) is 0 Å². The van der Waals surface area contributed by atoms with Crippen LogP contribution >= 0.6 is 0 Å². The van der Waals surface area contributed by atoms with Gasteiger partial charge in [-0.3, -0.25) is 0 Å². The number of pyridine rings is 1. The summed E-state index contributed by atoms with van der Waals surface area (Å²) >= 11 is 0. The van der Waals surface area contributed by atoms with Gasteiger partial charge in [-0.1, -0.05) is 6.07 Å². The lowest BCUT2D eigenvalue weighted by atomic mass is 9.84. The van der Waals surface area contributed by atoms with Crippen molar-refractivity contribution in [1.29, 1.82) is 0 Å². The van der Waals surface area contributed by atoms with E-state index < -0.39 is 0 Å². The average Bonchev–Trinajstić information content (AvgIpc) is 2.34. The van der Waals surface area contributed by atoms with Crippen LogP contribution in [0.5, 0.6) is 0 Å². The number of aromatic nitrogens is 1. The maximum absolute atomic E-state index is 4.43. The Balaban J connectivity index is 1.73. The van der Waals surface area contributed by atoms with E-state index in [1.165, 1.54) is 38.0 Å². The standard InChI is InChI=1S/C13H19N3/c1-10-3-2-6-14-13(10)15-12-9-16-7-4-11(12)5-8-16/h2-3,6,11-12H,4-5,7-9H2,1H3,(H,14,15). The second kappa shape index (κ2) is 4.06. The first kappa shape index (κ1) is 10.1. The van der Waals surface area contributed by atoms with Gasteiger partial charge in [0.2, 0.25) is 0 Å². The number of hydrogen-bond donors (Lipinski definition) is 1. The van der Waals surface area contributed by atoms with Gasteiger partial charge in [-0.05, 0) is 50.4 Å². The Bertz CT molecular complexity index is 369. The minimum Gasteiger partial charge on any atom is -0.366 e. The highest BCUT2D eigenvalue weighted by atomic mass is 15.2. The van der Waals surface area contributed by atoms with Crippen LogP contribution in [0.25, 0.3) is 0 Å². The Hall–Kier alpha value is -1.09. The molecule has 2 bridgehead atoms. The van der Waals surface area contributed by atoms with Crippen LogP contribution in [0, 0.1) is 12.8 Å². The number of nitrogens with zero attached hydrogens (tertiary/aromatic N) is 2. The summed E-state index contributed by atoms with van der Waals surface area (Å²) in [6, 6.07) is 4.73. The molecular formula is C13H19N3. The molecule has 0 aromatic carbocycles. The predicted octanol–water partition coefficient (Wildman–Crippen LogP) is 1.90. The molecule has 4 heterocycles. The van der Waals surface area contributed by atoms with Crippen molar-refractivity contribution in [1.82, 2.24) is 9.88 Å². The monoisotopic (exact) mass is 217 g/mol. The van der Waals surface area contributed by atoms with Gasteiger partial charge < -0.3 is 10.2 Å². The summed E-state index contributed by atoms with van der Waals surface area (Å²) < 4.78 is 0. The topological polar surface area (TPSA) is 28.2 Å². The van der Waals surface area contributed by atoms with Gasteiger partial charge in [-0.25, -0.2) is 4.98 Å². The summed E-state index contributed by atoms with van der Waals surface area (Å²) in [5.41, 5.74) is 1.25. The molecule has 16 heavy (non-hydrogen) atoms. The van der Waals surface area contributed by atoms with Gasteiger partial charge in [0.15, 0.2) is 0 Å². The zero-order chi connectivity index (χ0) is 11.0. The quantitative estimate of drug-likeness (QED) is 0.820. The van der Waals surface area contributed by atoms with E-state index in [9.17, 15) is 0 Å². The van der Waals surface area contributed by atoms with Crippen molar-refractivity contribution in [3.63, 3.8) is 0 Å². The first-order valence-corrected chi connectivity index (χ1v) is 6.23. The third-order valence-corrected chi connectivity index (χ3v) is 3.99. The highest BCUT2D eigenvalue weighted by Crippen LogP contribution is 2.29. The molecule has 3 aliphatic heterocycles. The Kier molecular flexibility index (Phi) is 2.56. The van der Waals surface area contributed by atoms with Gasteiger partial charge in [0.25, 0.3) is 0 Å². The zero-order valence-corrected chi connectivity index (χ0v) is 9.82. The Morgan fingerprint density at radius 3 is 2.81 bits per heavy atom. The first-order chi connectivity index (χ1) is 7.83. The summed E-state index contributed by atoms with van der Waals surface area (Å²) in [6.07, 6.45) is 4.57. The maximum Gasteiger partial charge on any atom is 0.129 e. The summed E-state index contributed by atoms with van der Waals surface area (Å²) in [6.45, 7) is 5.91. The Labute approximate surface area is 96.9 Å². The van der Waals surface area contributed by atoms with Crippen molar-refractivity contribution in [2.24, 2.45) is 5.92 Å². The van der Waals surface area contributed by atoms with E-state index in [-0.39, 0.29) is 0 Å².